The van der Waals surface area contributed by atoms with Gasteiger partial charge in [0.25, 0.3) is 5.56 Å². The van der Waals surface area contributed by atoms with Crippen molar-refractivity contribution in [2.75, 3.05) is 45.2 Å². The van der Waals surface area contributed by atoms with Crippen LogP contribution in [0.1, 0.15) is 0 Å². The first-order valence-corrected chi connectivity index (χ1v) is 6.06. The topological polar surface area (TPSA) is 99.3 Å². The van der Waals surface area contributed by atoms with E-state index in [1.807, 2.05) is 0 Å². The van der Waals surface area contributed by atoms with E-state index in [0.29, 0.717) is 13.1 Å². The summed E-state index contributed by atoms with van der Waals surface area (Å²) in [7, 11) is 1.38. The van der Waals surface area contributed by atoms with E-state index in [4.69, 9.17) is 4.74 Å². The minimum atomic E-state index is -0.380. The first-order valence-electron chi connectivity index (χ1n) is 6.06. The monoisotopic (exact) mass is 267 g/mol. The third-order valence-corrected chi connectivity index (χ3v) is 2.89. The lowest BCUT2D eigenvalue weighted by Crippen LogP contribution is -2.48. The highest BCUT2D eigenvalue weighted by molar-refractivity contribution is 5.81. The standard InChI is InChI=1S/C11H17N5O3/c1-19-9-10(14-7-15-11(9)18)13-6-8(17)16-4-2-12-3-5-16/h7,12H,2-6H2,1H3,(H2,13,14,15,18). The predicted molar refractivity (Wildman–Crippen MR) is 69.3 cm³/mol. The van der Waals surface area contributed by atoms with Gasteiger partial charge in [-0.25, -0.2) is 4.98 Å². The van der Waals surface area contributed by atoms with Crippen molar-refractivity contribution in [3.8, 4) is 5.75 Å². The second kappa shape index (κ2) is 6.19. The molecule has 104 valence electrons. The molecule has 0 atom stereocenters. The third kappa shape index (κ3) is 3.22. The van der Waals surface area contributed by atoms with Crippen molar-refractivity contribution >= 4 is 11.7 Å². The van der Waals surface area contributed by atoms with Crippen molar-refractivity contribution in [2.45, 2.75) is 0 Å². The van der Waals surface area contributed by atoms with Crippen LogP contribution in [0.25, 0.3) is 0 Å². The molecule has 0 aromatic carbocycles. The molecule has 1 fully saturated rings. The summed E-state index contributed by atoms with van der Waals surface area (Å²) in [5.74, 6) is 0.330. The van der Waals surface area contributed by atoms with E-state index < -0.39 is 0 Å². The van der Waals surface area contributed by atoms with E-state index in [1.54, 1.807) is 4.90 Å². The second-order valence-electron chi connectivity index (χ2n) is 4.10. The minimum absolute atomic E-state index is 0.0226. The Balaban J connectivity index is 1.96. The maximum Gasteiger partial charge on any atom is 0.295 e. The van der Waals surface area contributed by atoms with Gasteiger partial charge in [0.2, 0.25) is 11.7 Å². The number of carbonyl (C=O) groups is 1. The number of aromatic amines is 1. The Morgan fingerprint density at radius 2 is 2.26 bits per heavy atom. The highest BCUT2D eigenvalue weighted by Crippen LogP contribution is 2.13. The molecule has 0 spiro atoms. The number of hydrogen-bond donors (Lipinski definition) is 3. The van der Waals surface area contributed by atoms with Crippen molar-refractivity contribution in [1.29, 1.82) is 0 Å². The van der Waals surface area contributed by atoms with Gasteiger partial charge >= 0.3 is 0 Å². The van der Waals surface area contributed by atoms with E-state index in [1.165, 1.54) is 13.4 Å². The van der Waals surface area contributed by atoms with Gasteiger partial charge in [-0.05, 0) is 0 Å². The summed E-state index contributed by atoms with van der Waals surface area (Å²) in [6.45, 7) is 3.09. The summed E-state index contributed by atoms with van der Waals surface area (Å²) >= 11 is 0. The lowest BCUT2D eigenvalue weighted by atomic mass is 10.3. The van der Waals surface area contributed by atoms with E-state index >= 15 is 0 Å². The zero-order valence-electron chi connectivity index (χ0n) is 10.7. The van der Waals surface area contributed by atoms with Crippen LogP contribution in [0.4, 0.5) is 5.82 Å². The number of anilines is 1. The number of ether oxygens (including phenoxy) is 1. The molecule has 0 bridgehead atoms. The zero-order chi connectivity index (χ0) is 13.7. The molecule has 2 heterocycles. The third-order valence-electron chi connectivity index (χ3n) is 2.89. The molecule has 1 aromatic rings. The van der Waals surface area contributed by atoms with E-state index in [0.717, 1.165) is 13.1 Å². The molecule has 1 aliphatic rings. The molecule has 0 radical (unpaired) electrons. The Morgan fingerprint density at radius 1 is 1.53 bits per heavy atom. The molecule has 0 unspecified atom stereocenters. The van der Waals surface area contributed by atoms with Gasteiger partial charge in [0, 0.05) is 26.2 Å². The maximum atomic E-state index is 11.9. The maximum absolute atomic E-state index is 11.9. The summed E-state index contributed by atoms with van der Waals surface area (Å²) in [6, 6.07) is 0. The lowest BCUT2D eigenvalue weighted by Gasteiger charge is -2.27. The van der Waals surface area contributed by atoms with Crippen LogP contribution in [0.2, 0.25) is 0 Å². The molecular formula is C11H17N5O3. The van der Waals surface area contributed by atoms with Crippen LogP contribution in [0.5, 0.6) is 5.75 Å². The van der Waals surface area contributed by atoms with E-state index in [-0.39, 0.29) is 29.6 Å². The Labute approximate surface area is 110 Å². The fourth-order valence-corrected chi connectivity index (χ4v) is 1.89. The van der Waals surface area contributed by atoms with Gasteiger partial charge in [0.15, 0.2) is 5.82 Å². The molecule has 1 aromatic heterocycles. The number of hydrogen-bond acceptors (Lipinski definition) is 6. The number of methoxy groups -OCH3 is 1. The second-order valence-corrected chi connectivity index (χ2v) is 4.10. The van der Waals surface area contributed by atoms with Crippen molar-refractivity contribution in [3.63, 3.8) is 0 Å². The molecule has 1 amide bonds. The molecule has 8 heteroatoms. The minimum Gasteiger partial charge on any atom is -0.489 e. The van der Waals surface area contributed by atoms with Gasteiger partial charge in [-0.3, -0.25) is 9.59 Å². The number of rotatable bonds is 4. The number of nitrogens with one attached hydrogen (secondary N) is 3. The summed E-state index contributed by atoms with van der Waals surface area (Å²) in [6.07, 6.45) is 1.27. The Kier molecular flexibility index (Phi) is 4.35. The van der Waals surface area contributed by atoms with E-state index in [2.05, 4.69) is 20.6 Å². The summed E-state index contributed by atoms with van der Waals surface area (Å²) < 4.78 is 4.95. The normalized spacial score (nSPS) is 15.1. The first-order chi connectivity index (χ1) is 9.22. The molecule has 19 heavy (non-hydrogen) atoms. The molecule has 8 nitrogen and oxygen atoms in total. The molecule has 1 aliphatic heterocycles. The number of nitrogens with zero attached hydrogens (tertiary/aromatic N) is 2. The highest BCUT2D eigenvalue weighted by atomic mass is 16.5. The molecular weight excluding hydrogens is 250 g/mol. The Morgan fingerprint density at radius 3 is 2.95 bits per heavy atom. The smallest absolute Gasteiger partial charge is 0.295 e. The van der Waals surface area contributed by atoms with Gasteiger partial charge in [-0.15, -0.1) is 0 Å². The summed E-state index contributed by atoms with van der Waals surface area (Å²) in [5, 5.41) is 6.01. The van der Waals surface area contributed by atoms with Gasteiger partial charge < -0.3 is 25.3 Å². The van der Waals surface area contributed by atoms with Crippen LogP contribution in [0.3, 0.4) is 0 Å². The Bertz CT molecular complexity index is 495. The van der Waals surface area contributed by atoms with E-state index in [9.17, 15) is 9.59 Å². The molecule has 0 aliphatic carbocycles. The largest absolute Gasteiger partial charge is 0.489 e. The zero-order valence-corrected chi connectivity index (χ0v) is 10.7. The molecule has 2 rings (SSSR count). The van der Waals surface area contributed by atoms with Gasteiger partial charge in [0.1, 0.15) is 0 Å². The first kappa shape index (κ1) is 13.3. The molecule has 1 saturated heterocycles. The lowest BCUT2D eigenvalue weighted by molar-refractivity contribution is -0.129. The van der Waals surface area contributed by atoms with Crippen molar-refractivity contribution in [2.24, 2.45) is 0 Å². The van der Waals surface area contributed by atoms with Crippen LogP contribution in [-0.2, 0) is 4.79 Å². The van der Waals surface area contributed by atoms with Crippen LogP contribution in [0.15, 0.2) is 11.1 Å². The molecule has 0 saturated carbocycles. The van der Waals surface area contributed by atoms with Gasteiger partial charge in [0.05, 0.1) is 20.0 Å². The van der Waals surface area contributed by atoms with Crippen LogP contribution >= 0.6 is 0 Å². The van der Waals surface area contributed by atoms with Crippen molar-refractivity contribution in [1.82, 2.24) is 20.2 Å². The highest BCUT2D eigenvalue weighted by Gasteiger charge is 2.17. The summed E-state index contributed by atoms with van der Waals surface area (Å²) in [4.78, 5) is 31.5. The fourth-order valence-electron chi connectivity index (χ4n) is 1.89. The SMILES string of the molecule is COc1c(NCC(=O)N2CCNCC2)nc[nH]c1=O. The average molecular weight is 267 g/mol. The summed E-state index contributed by atoms with van der Waals surface area (Å²) in [5.41, 5.74) is -0.380. The number of amides is 1. The van der Waals surface area contributed by atoms with Crippen molar-refractivity contribution in [3.05, 3.63) is 16.7 Å². The van der Waals surface area contributed by atoms with Crippen LogP contribution < -0.4 is 20.9 Å². The average Bonchev–Trinajstić information content (AvgIpc) is 2.45. The number of H-pyrrole nitrogens is 1. The van der Waals surface area contributed by atoms with Crippen LogP contribution in [-0.4, -0.2) is 60.6 Å². The van der Waals surface area contributed by atoms with Gasteiger partial charge in [-0.2, -0.15) is 0 Å². The predicted octanol–water partition coefficient (Wildman–Crippen LogP) is -1.38. The number of carbonyl (C=O) groups excluding carboxylic acids is 1. The van der Waals surface area contributed by atoms with Crippen LogP contribution in [0, 0.1) is 0 Å². The van der Waals surface area contributed by atoms with Crippen molar-refractivity contribution < 1.29 is 9.53 Å². The number of aromatic nitrogens is 2. The number of piperazine rings is 1. The molecule has 3 N–H and O–H groups in total. The Hall–Kier alpha value is -2.09. The van der Waals surface area contributed by atoms with Gasteiger partial charge in [-0.1, -0.05) is 0 Å². The quantitative estimate of drug-likeness (QED) is 0.622. The fraction of sp³-hybridized carbons (Fsp3) is 0.545.